The maximum atomic E-state index is 12.1. The number of hydrogen-bond donors (Lipinski definition) is 2. The van der Waals surface area contributed by atoms with Gasteiger partial charge in [-0.2, -0.15) is 0 Å². The van der Waals surface area contributed by atoms with Crippen molar-refractivity contribution in [2.45, 2.75) is 25.7 Å². The van der Waals surface area contributed by atoms with Gasteiger partial charge in [0.05, 0.1) is 0 Å². The third-order valence-electron chi connectivity index (χ3n) is 2.88. The molecule has 1 aromatic rings. The smallest absolute Gasteiger partial charge is 0.326 e. The van der Waals surface area contributed by atoms with Crippen molar-refractivity contribution in [3.63, 3.8) is 0 Å². The Morgan fingerprint density at radius 1 is 1.06 bits per heavy atom. The summed E-state index contributed by atoms with van der Waals surface area (Å²) in [6, 6.07) is 1.13. The van der Waals surface area contributed by atoms with E-state index in [-0.39, 0.29) is 11.6 Å². The predicted molar refractivity (Wildman–Crippen MR) is 62.1 cm³/mol. The van der Waals surface area contributed by atoms with Crippen LogP contribution in [0, 0.1) is 0 Å². The highest BCUT2D eigenvalue weighted by atomic mass is 16.2. The van der Waals surface area contributed by atoms with E-state index in [0.29, 0.717) is 13.1 Å². The molecule has 92 valence electrons. The first kappa shape index (κ1) is 11.6. The van der Waals surface area contributed by atoms with Crippen LogP contribution in [0.25, 0.3) is 0 Å². The molecule has 2 rings (SSSR count). The minimum Gasteiger partial charge on any atom is -0.337 e. The third kappa shape index (κ3) is 2.83. The Morgan fingerprint density at radius 3 is 2.29 bits per heavy atom. The van der Waals surface area contributed by atoms with Crippen molar-refractivity contribution in [3.05, 3.63) is 32.6 Å². The summed E-state index contributed by atoms with van der Waals surface area (Å²) in [5, 5.41) is 0. The summed E-state index contributed by atoms with van der Waals surface area (Å²) in [5.74, 6) is -0.268. The summed E-state index contributed by atoms with van der Waals surface area (Å²) in [4.78, 5) is 40.4. The lowest BCUT2D eigenvalue weighted by Crippen LogP contribution is -2.35. The molecule has 1 amide bonds. The maximum Gasteiger partial charge on any atom is 0.326 e. The molecule has 0 atom stereocenters. The number of carbonyl (C=O) groups is 1. The Kier molecular flexibility index (Phi) is 3.41. The van der Waals surface area contributed by atoms with Crippen LogP contribution < -0.4 is 11.2 Å². The minimum atomic E-state index is -0.643. The van der Waals surface area contributed by atoms with E-state index in [1.54, 1.807) is 4.90 Å². The van der Waals surface area contributed by atoms with Crippen molar-refractivity contribution in [3.8, 4) is 0 Å². The molecule has 2 N–H and O–H groups in total. The normalized spacial score (nSPS) is 16.6. The van der Waals surface area contributed by atoms with E-state index in [4.69, 9.17) is 0 Å². The molecule has 1 fully saturated rings. The second-order valence-electron chi connectivity index (χ2n) is 4.21. The summed E-state index contributed by atoms with van der Waals surface area (Å²) in [5.41, 5.74) is -1.12. The molecule has 0 unspecified atom stereocenters. The first-order valence-corrected chi connectivity index (χ1v) is 5.80. The van der Waals surface area contributed by atoms with Crippen molar-refractivity contribution in [2.75, 3.05) is 13.1 Å². The van der Waals surface area contributed by atoms with Gasteiger partial charge in [-0.15, -0.1) is 0 Å². The maximum absolute atomic E-state index is 12.1. The van der Waals surface area contributed by atoms with E-state index >= 15 is 0 Å². The number of aromatic amines is 2. The molecule has 1 aliphatic rings. The SMILES string of the molecule is O=C(c1cc(=O)[nH]c(=O)[nH]1)N1CCCCCC1. The van der Waals surface area contributed by atoms with Crippen LogP contribution in [-0.2, 0) is 0 Å². The molecular weight excluding hydrogens is 222 g/mol. The Balaban J connectivity index is 2.23. The van der Waals surface area contributed by atoms with Gasteiger partial charge in [0.25, 0.3) is 11.5 Å². The second-order valence-corrected chi connectivity index (χ2v) is 4.21. The van der Waals surface area contributed by atoms with E-state index in [0.717, 1.165) is 31.7 Å². The summed E-state index contributed by atoms with van der Waals surface area (Å²) in [6.07, 6.45) is 4.18. The van der Waals surface area contributed by atoms with Gasteiger partial charge in [-0.25, -0.2) is 4.79 Å². The molecular formula is C11H15N3O3. The van der Waals surface area contributed by atoms with E-state index in [9.17, 15) is 14.4 Å². The Hall–Kier alpha value is -1.85. The van der Waals surface area contributed by atoms with E-state index < -0.39 is 11.2 Å². The number of amides is 1. The molecule has 17 heavy (non-hydrogen) atoms. The van der Waals surface area contributed by atoms with E-state index in [2.05, 4.69) is 4.98 Å². The van der Waals surface area contributed by atoms with Gasteiger partial charge in [0, 0.05) is 19.2 Å². The molecule has 2 heterocycles. The molecule has 0 bridgehead atoms. The first-order valence-electron chi connectivity index (χ1n) is 5.80. The van der Waals surface area contributed by atoms with Crippen LogP contribution in [-0.4, -0.2) is 33.9 Å². The number of carbonyl (C=O) groups excluding carboxylic acids is 1. The van der Waals surface area contributed by atoms with Crippen LogP contribution in [0.3, 0.4) is 0 Å². The Morgan fingerprint density at radius 2 is 1.71 bits per heavy atom. The number of hydrogen-bond acceptors (Lipinski definition) is 3. The number of aromatic nitrogens is 2. The zero-order valence-corrected chi connectivity index (χ0v) is 9.49. The average Bonchev–Trinajstić information content (AvgIpc) is 2.55. The van der Waals surface area contributed by atoms with Crippen LogP contribution >= 0.6 is 0 Å². The number of nitrogens with zero attached hydrogens (tertiary/aromatic N) is 1. The number of likely N-dealkylation sites (tertiary alicyclic amines) is 1. The van der Waals surface area contributed by atoms with Crippen molar-refractivity contribution in [1.29, 1.82) is 0 Å². The van der Waals surface area contributed by atoms with Crippen LogP contribution in [0.5, 0.6) is 0 Å². The quantitative estimate of drug-likeness (QED) is 0.725. The number of rotatable bonds is 1. The van der Waals surface area contributed by atoms with E-state index in [1.807, 2.05) is 4.98 Å². The molecule has 0 radical (unpaired) electrons. The van der Waals surface area contributed by atoms with Crippen molar-refractivity contribution >= 4 is 5.91 Å². The molecule has 0 saturated carbocycles. The van der Waals surface area contributed by atoms with Gasteiger partial charge < -0.3 is 9.88 Å². The van der Waals surface area contributed by atoms with Crippen LogP contribution in [0.4, 0.5) is 0 Å². The second kappa shape index (κ2) is 4.99. The van der Waals surface area contributed by atoms with Crippen molar-refractivity contribution in [2.24, 2.45) is 0 Å². The summed E-state index contributed by atoms with van der Waals surface area (Å²) in [7, 11) is 0. The molecule has 1 aromatic heterocycles. The molecule has 1 aliphatic heterocycles. The van der Waals surface area contributed by atoms with Gasteiger partial charge in [0.1, 0.15) is 5.69 Å². The highest BCUT2D eigenvalue weighted by Gasteiger charge is 2.18. The molecule has 1 saturated heterocycles. The van der Waals surface area contributed by atoms with Gasteiger partial charge in [-0.1, -0.05) is 12.8 Å². The van der Waals surface area contributed by atoms with E-state index in [1.165, 1.54) is 0 Å². The summed E-state index contributed by atoms with van der Waals surface area (Å²) in [6.45, 7) is 1.38. The number of nitrogens with one attached hydrogen (secondary N) is 2. The monoisotopic (exact) mass is 237 g/mol. The number of H-pyrrole nitrogens is 2. The largest absolute Gasteiger partial charge is 0.337 e. The average molecular weight is 237 g/mol. The lowest BCUT2D eigenvalue weighted by atomic mass is 10.2. The lowest BCUT2D eigenvalue weighted by molar-refractivity contribution is 0.0755. The Labute approximate surface area is 97.7 Å². The van der Waals surface area contributed by atoms with Gasteiger partial charge >= 0.3 is 5.69 Å². The van der Waals surface area contributed by atoms with Crippen LogP contribution in [0.15, 0.2) is 15.7 Å². The molecule has 6 heteroatoms. The third-order valence-corrected chi connectivity index (χ3v) is 2.88. The summed E-state index contributed by atoms with van der Waals surface area (Å²) < 4.78 is 0. The lowest BCUT2D eigenvalue weighted by Gasteiger charge is -2.19. The highest BCUT2D eigenvalue weighted by Crippen LogP contribution is 2.11. The fourth-order valence-electron chi connectivity index (χ4n) is 2.03. The van der Waals surface area contributed by atoms with Gasteiger partial charge in [-0.3, -0.25) is 14.6 Å². The standard InChI is InChI=1S/C11H15N3O3/c15-9-7-8(12-11(17)13-9)10(16)14-5-3-1-2-4-6-14/h7H,1-6H2,(H2,12,13,15,17). The minimum absolute atomic E-state index is 0.0700. The predicted octanol–water partition coefficient (Wildman–Crippen LogP) is 0.0794. The van der Waals surface area contributed by atoms with Gasteiger partial charge in [0.2, 0.25) is 0 Å². The zero-order chi connectivity index (χ0) is 12.3. The first-order chi connectivity index (χ1) is 8.16. The molecule has 0 spiro atoms. The molecule has 0 aromatic carbocycles. The fourth-order valence-corrected chi connectivity index (χ4v) is 2.03. The van der Waals surface area contributed by atoms with Crippen molar-refractivity contribution < 1.29 is 4.79 Å². The topological polar surface area (TPSA) is 86.0 Å². The Bertz CT molecular complexity index is 481. The highest BCUT2D eigenvalue weighted by molar-refractivity contribution is 5.92. The van der Waals surface area contributed by atoms with Crippen LogP contribution in [0.2, 0.25) is 0 Å². The molecule has 6 nitrogen and oxygen atoms in total. The van der Waals surface area contributed by atoms with Gasteiger partial charge in [-0.05, 0) is 12.8 Å². The zero-order valence-electron chi connectivity index (χ0n) is 9.49. The van der Waals surface area contributed by atoms with Crippen LogP contribution in [0.1, 0.15) is 36.2 Å². The van der Waals surface area contributed by atoms with Gasteiger partial charge in [0.15, 0.2) is 0 Å². The fraction of sp³-hybridized carbons (Fsp3) is 0.545. The summed E-state index contributed by atoms with van der Waals surface area (Å²) >= 11 is 0. The van der Waals surface area contributed by atoms with Crippen molar-refractivity contribution in [1.82, 2.24) is 14.9 Å². The molecule has 0 aliphatic carbocycles.